The summed E-state index contributed by atoms with van der Waals surface area (Å²) in [5.41, 5.74) is 2.18. The highest BCUT2D eigenvalue weighted by molar-refractivity contribution is 7.88. The summed E-state index contributed by atoms with van der Waals surface area (Å²) in [5.74, 6) is -0.515. The van der Waals surface area contributed by atoms with E-state index in [4.69, 9.17) is 0 Å². The van der Waals surface area contributed by atoms with Crippen LogP contribution in [0.25, 0.3) is 5.69 Å². The molecule has 1 saturated heterocycles. The van der Waals surface area contributed by atoms with Crippen LogP contribution >= 0.6 is 0 Å². The topological polar surface area (TPSA) is 93.4 Å². The zero-order chi connectivity index (χ0) is 22.9. The van der Waals surface area contributed by atoms with Gasteiger partial charge in [0, 0.05) is 25.7 Å². The van der Waals surface area contributed by atoms with E-state index in [2.05, 4.69) is 5.32 Å². The molecule has 0 bridgehead atoms. The molecule has 1 fully saturated rings. The van der Waals surface area contributed by atoms with Crippen molar-refractivity contribution in [3.05, 3.63) is 81.8 Å². The normalized spacial score (nSPS) is 14.6. The second-order valence-electron chi connectivity index (χ2n) is 7.95. The van der Waals surface area contributed by atoms with E-state index in [1.54, 1.807) is 42.9 Å². The molecule has 32 heavy (non-hydrogen) atoms. The minimum Gasteiger partial charge on any atom is -0.316 e. The predicted octanol–water partition coefficient (Wildman–Crippen LogP) is 2.66. The van der Waals surface area contributed by atoms with Crippen molar-refractivity contribution in [1.82, 2.24) is 13.7 Å². The SMILES string of the molecule is Cc1c(NC(=O)c2ccc(CS(=O)(=O)N3CCCC3)cc2)c(=O)n(-c2ccccc2)n1C. The third kappa shape index (κ3) is 4.26. The van der Waals surface area contributed by atoms with E-state index >= 15 is 0 Å². The Morgan fingerprint density at radius 3 is 2.25 bits per heavy atom. The Hall–Kier alpha value is -3.17. The number of hydrogen-bond donors (Lipinski definition) is 1. The van der Waals surface area contributed by atoms with Gasteiger partial charge in [0.25, 0.3) is 11.5 Å². The summed E-state index contributed by atoms with van der Waals surface area (Å²) in [5, 5.41) is 2.72. The predicted molar refractivity (Wildman–Crippen MR) is 124 cm³/mol. The molecule has 1 aromatic heterocycles. The van der Waals surface area contributed by atoms with Crippen molar-refractivity contribution in [2.75, 3.05) is 18.4 Å². The van der Waals surface area contributed by atoms with E-state index in [-0.39, 0.29) is 17.0 Å². The molecule has 9 heteroatoms. The molecule has 0 radical (unpaired) electrons. The number of aromatic nitrogens is 2. The van der Waals surface area contributed by atoms with Crippen LogP contribution in [0.15, 0.2) is 59.4 Å². The lowest BCUT2D eigenvalue weighted by Crippen LogP contribution is -2.29. The molecule has 1 aliphatic rings. The summed E-state index contributed by atoms with van der Waals surface area (Å²) >= 11 is 0. The Kier molecular flexibility index (Phi) is 6.03. The van der Waals surface area contributed by atoms with Crippen LogP contribution < -0.4 is 10.9 Å². The smallest absolute Gasteiger partial charge is 0.295 e. The van der Waals surface area contributed by atoms with Crippen LogP contribution in [0, 0.1) is 6.92 Å². The number of carbonyl (C=O) groups is 1. The lowest BCUT2D eigenvalue weighted by atomic mass is 10.1. The second kappa shape index (κ2) is 8.76. The fourth-order valence-electron chi connectivity index (χ4n) is 3.92. The monoisotopic (exact) mass is 454 g/mol. The van der Waals surface area contributed by atoms with Gasteiger partial charge in [-0.25, -0.2) is 17.4 Å². The van der Waals surface area contributed by atoms with E-state index in [0.29, 0.717) is 35.6 Å². The lowest BCUT2D eigenvalue weighted by molar-refractivity contribution is 0.102. The highest BCUT2D eigenvalue weighted by Crippen LogP contribution is 2.19. The molecule has 1 aliphatic heterocycles. The van der Waals surface area contributed by atoms with Crippen molar-refractivity contribution in [2.45, 2.75) is 25.5 Å². The van der Waals surface area contributed by atoms with Crippen LogP contribution in [0.4, 0.5) is 5.69 Å². The van der Waals surface area contributed by atoms with Gasteiger partial charge in [-0.2, -0.15) is 0 Å². The number of hydrogen-bond acceptors (Lipinski definition) is 4. The molecule has 8 nitrogen and oxygen atoms in total. The van der Waals surface area contributed by atoms with Crippen molar-refractivity contribution in [1.29, 1.82) is 0 Å². The average molecular weight is 455 g/mol. The van der Waals surface area contributed by atoms with Gasteiger partial charge >= 0.3 is 0 Å². The molecular formula is C23H26N4O4S. The third-order valence-electron chi connectivity index (χ3n) is 5.82. The van der Waals surface area contributed by atoms with Gasteiger partial charge in [-0.15, -0.1) is 0 Å². The minimum atomic E-state index is -3.35. The number of anilines is 1. The fraction of sp³-hybridized carbons (Fsp3) is 0.304. The molecule has 1 N–H and O–H groups in total. The quantitative estimate of drug-likeness (QED) is 0.620. The number of sulfonamides is 1. The zero-order valence-electron chi connectivity index (χ0n) is 18.1. The largest absolute Gasteiger partial charge is 0.316 e. The average Bonchev–Trinajstić information content (AvgIpc) is 3.39. The van der Waals surface area contributed by atoms with Crippen LogP contribution in [0.5, 0.6) is 0 Å². The van der Waals surface area contributed by atoms with Crippen LogP contribution in [-0.2, 0) is 22.8 Å². The zero-order valence-corrected chi connectivity index (χ0v) is 18.9. The molecule has 2 heterocycles. The molecule has 0 spiro atoms. The van der Waals surface area contributed by atoms with Crippen molar-refractivity contribution in [3.63, 3.8) is 0 Å². The summed E-state index contributed by atoms with van der Waals surface area (Å²) in [6.07, 6.45) is 1.78. The third-order valence-corrected chi connectivity index (χ3v) is 7.67. The number of nitrogens with one attached hydrogen (secondary N) is 1. The molecule has 168 valence electrons. The Labute approximate surface area is 187 Å². The molecule has 0 saturated carbocycles. The van der Waals surface area contributed by atoms with Gasteiger partial charge in [0.15, 0.2) is 0 Å². The maximum absolute atomic E-state index is 13.0. The number of carbonyl (C=O) groups excluding carboxylic acids is 1. The van der Waals surface area contributed by atoms with Crippen LogP contribution in [-0.4, -0.2) is 41.1 Å². The fourth-order valence-corrected chi connectivity index (χ4v) is 5.53. The van der Waals surface area contributed by atoms with Gasteiger partial charge in [0.05, 0.1) is 17.1 Å². The van der Waals surface area contributed by atoms with Gasteiger partial charge in [-0.1, -0.05) is 30.3 Å². The second-order valence-corrected chi connectivity index (χ2v) is 9.92. The van der Waals surface area contributed by atoms with Crippen molar-refractivity contribution in [2.24, 2.45) is 7.05 Å². The first-order valence-corrected chi connectivity index (χ1v) is 12.1. The maximum Gasteiger partial charge on any atom is 0.295 e. The summed E-state index contributed by atoms with van der Waals surface area (Å²) in [4.78, 5) is 25.8. The van der Waals surface area contributed by atoms with E-state index < -0.39 is 15.9 Å². The van der Waals surface area contributed by atoms with Crippen molar-refractivity contribution < 1.29 is 13.2 Å². The molecule has 1 amide bonds. The first kappa shape index (κ1) is 22.0. The summed E-state index contributed by atoms with van der Waals surface area (Å²) in [7, 11) is -1.59. The molecular weight excluding hydrogens is 428 g/mol. The van der Waals surface area contributed by atoms with Gasteiger partial charge < -0.3 is 5.32 Å². The lowest BCUT2D eigenvalue weighted by Gasteiger charge is -2.15. The van der Waals surface area contributed by atoms with Crippen LogP contribution in [0.1, 0.15) is 34.5 Å². The minimum absolute atomic E-state index is 0.0888. The van der Waals surface area contributed by atoms with Crippen molar-refractivity contribution in [3.8, 4) is 5.69 Å². The molecule has 3 aromatic rings. The van der Waals surface area contributed by atoms with E-state index in [0.717, 1.165) is 12.8 Å². The Bertz CT molecular complexity index is 1290. The highest BCUT2D eigenvalue weighted by Gasteiger charge is 2.25. The Balaban J connectivity index is 1.52. The maximum atomic E-state index is 13.0. The van der Waals surface area contributed by atoms with Crippen molar-refractivity contribution >= 4 is 21.6 Å². The summed E-state index contributed by atoms with van der Waals surface area (Å²) < 4.78 is 29.7. The standard InChI is InChI=1S/C23H26N4O4S/c1-17-21(23(29)27(25(17)2)20-8-4-3-5-9-20)24-22(28)19-12-10-18(11-13-19)16-32(30,31)26-14-6-7-15-26/h3-5,8-13H,6-7,14-16H2,1-2H3,(H,24,28). The Morgan fingerprint density at radius 1 is 1.00 bits per heavy atom. The molecule has 0 unspecified atom stereocenters. The summed E-state index contributed by atoms with van der Waals surface area (Å²) in [6, 6.07) is 15.6. The first-order chi connectivity index (χ1) is 15.3. The van der Waals surface area contributed by atoms with E-state index in [9.17, 15) is 18.0 Å². The van der Waals surface area contributed by atoms with Crippen LogP contribution in [0.3, 0.4) is 0 Å². The molecule has 0 aliphatic carbocycles. The number of amides is 1. The highest BCUT2D eigenvalue weighted by atomic mass is 32.2. The van der Waals surface area contributed by atoms with Gasteiger partial charge in [0.1, 0.15) is 5.69 Å². The first-order valence-electron chi connectivity index (χ1n) is 10.5. The van der Waals surface area contributed by atoms with Gasteiger partial charge in [-0.3, -0.25) is 14.3 Å². The summed E-state index contributed by atoms with van der Waals surface area (Å²) in [6.45, 7) is 2.91. The number of nitrogens with zero attached hydrogens (tertiary/aromatic N) is 3. The van der Waals surface area contributed by atoms with E-state index in [1.807, 2.05) is 30.3 Å². The number of para-hydroxylation sites is 1. The number of benzene rings is 2. The van der Waals surface area contributed by atoms with Gasteiger partial charge in [-0.05, 0) is 49.6 Å². The van der Waals surface area contributed by atoms with Gasteiger partial charge in [0.2, 0.25) is 10.0 Å². The molecule has 2 aromatic carbocycles. The molecule has 4 rings (SSSR count). The van der Waals surface area contributed by atoms with E-state index in [1.165, 1.54) is 8.99 Å². The van der Waals surface area contributed by atoms with Crippen LogP contribution in [0.2, 0.25) is 0 Å². The Morgan fingerprint density at radius 2 is 1.62 bits per heavy atom. The number of rotatable bonds is 6. The molecule has 0 atom stereocenters.